The van der Waals surface area contributed by atoms with Crippen LogP contribution in [0.3, 0.4) is 0 Å². The summed E-state index contributed by atoms with van der Waals surface area (Å²) in [6.07, 6.45) is 6.29. The summed E-state index contributed by atoms with van der Waals surface area (Å²) in [4.78, 5) is 13.0. The van der Waals surface area contributed by atoms with Gasteiger partial charge in [-0.25, -0.2) is 19.3 Å². The Balaban J connectivity index is 1.94. The molecular formula is C15H17FN4. The Bertz CT molecular complexity index is 597. The Morgan fingerprint density at radius 1 is 1.30 bits per heavy atom. The highest BCUT2D eigenvalue weighted by Gasteiger charge is 2.21. The maximum atomic E-state index is 12.9. The monoisotopic (exact) mass is 272 g/mol. The van der Waals surface area contributed by atoms with Crippen molar-refractivity contribution in [3.8, 4) is 11.5 Å². The molecule has 2 aromatic rings. The summed E-state index contributed by atoms with van der Waals surface area (Å²) in [6, 6.07) is 3.34. The van der Waals surface area contributed by atoms with Crippen LogP contribution < -0.4 is 5.32 Å². The molecule has 2 heterocycles. The molecule has 0 aliphatic heterocycles. The van der Waals surface area contributed by atoms with Gasteiger partial charge in [-0.05, 0) is 37.9 Å². The molecular weight excluding hydrogens is 255 g/mol. The fourth-order valence-electron chi connectivity index (χ4n) is 2.64. The molecule has 1 aliphatic carbocycles. The van der Waals surface area contributed by atoms with Gasteiger partial charge in [-0.2, -0.15) is 0 Å². The molecule has 4 nitrogen and oxygen atoms in total. The lowest BCUT2D eigenvalue weighted by Crippen LogP contribution is -2.25. The van der Waals surface area contributed by atoms with Crippen molar-refractivity contribution in [2.45, 2.75) is 32.2 Å². The van der Waals surface area contributed by atoms with E-state index in [-0.39, 0.29) is 5.82 Å². The van der Waals surface area contributed by atoms with E-state index in [1.807, 2.05) is 6.20 Å². The van der Waals surface area contributed by atoms with Crippen molar-refractivity contribution in [2.24, 2.45) is 0 Å². The van der Waals surface area contributed by atoms with Crippen molar-refractivity contribution in [1.82, 2.24) is 20.3 Å². The van der Waals surface area contributed by atoms with Crippen molar-refractivity contribution in [2.75, 3.05) is 6.54 Å². The van der Waals surface area contributed by atoms with Crippen LogP contribution in [0.5, 0.6) is 0 Å². The highest BCUT2D eigenvalue weighted by molar-refractivity contribution is 5.49. The summed E-state index contributed by atoms with van der Waals surface area (Å²) in [7, 11) is 0. The molecule has 0 amide bonds. The fraction of sp³-hybridized carbons (Fsp3) is 0.400. The van der Waals surface area contributed by atoms with E-state index in [0.29, 0.717) is 17.6 Å². The molecule has 0 aromatic carbocycles. The number of nitrogens with zero attached hydrogens (tertiary/aromatic N) is 3. The first-order chi connectivity index (χ1) is 9.78. The van der Waals surface area contributed by atoms with Gasteiger partial charge in [0.1, 0.15) is 11.5 Å². The lowest BCUT2D eigenvalue weighted by Gasteiger charge is -2.25. The lowest BCUT2D eigenvalue weighted by molar-refractivity contribution is 0.464. The molecule has 2 aromatic heterocycles. The van der Waals surface area contributed by atoms with E-state index >= 15 is 0 Å². The van der Waals surface area contributed by atoms with Crippen molar-refractivity contribution >= 4 is 0 Å². The molecule has 1 aliphatic rings. The third kappa shape index (κ3) is 2.54. The minimum Gasteiger partial charge on any atom is -0.310 e. The number of halogens is 1. The quantitative estimate of drug-likeness (QED) is 0.933. The second-order valence-corrected chi connectivity index (χ2v) is 4.96. The normalized spacial score (nSPS) is 17.8. The number of fused-ring (bicyclic) bond motifs is 1. The molecule has 0 radical (unpaired) electrons. The number of hydrogen-bond acceptors (Lipinski definition) is 4. The van der Waals surface area contributed by atoms with Crippen LogP contribution in [0.2, 0.25) is 0 Å². The van der Waals surface area contributed by atoms with E-state index in [2.05, 4.69) is 27.2 Å². The van der Waals surface area contributed by atoms with E-state index in [0.717, 1.165) is 31.5 Å². The third-order valence-corrected chi connectivity index (χ3v) is 3.59. The molecule has 104 valence electrons. The molecule has 1 unspecified atom stereocenters. The van der Waals surface area contributed by atoms with Gasteiger partial charge in [0, 0.05) is 23.5 Å². The highest BCUT2D eigenvalue weighted by Crippen LogP contribution is 2.29. The van der Waals surface area contributed by atoms with E-state index in [4.69, 9.17) is 0 Å². The molecule has 1 atom stereocenters. The van der Waals surface area contributed by atoms with Crippen LogP contribution in [0, 0.1) is 5.82 Å². The topological polar surface area (TPSA) is 50.7 Å². The number of hydrogen-bond donors (Lipinski definition) is 1. The van der Waals surface area contributed by atoms with Gasteiger partial charge in [-0.15, -0.1) is 0 Å². The summed E-state index contributed by atoms with van der Waals surface area (Å²) in [5, 5.41) is 3.46. The van der Waals surface area contributed by atoms with Gasteiger partial charge >= 0.3 is 0 Å². The van der Waals surface area contributed by atoms with Gasteiger partial charge in [0.25, 0.3) is 0 Å². The summed E-state index contributed by atoms with van der Waals surface area (Å²) >= 11 is 0. The smallest absolute Gasteiger partial charge is 0.178 e. The lowest BCUT2D eigenvalue weighted by atomic mass is 9.92. The maximum Gasteiger partial charge on any atom is 0.178 e. The van der Waals surface area contributed by atoms with Crippen LogP contribution in [-0.4, -0.2) is 21.5 Å². The number of rotatable bonds is 3. The zero-order chi connectivity index (χ0) is 13.9. The van der Waals surface area contributed by atoms with E-state index in [1.165, 1.54) is 17.8 Å². The first-order valence-electron chi connectivity index (χ1n) is 6.99. The second-order valence-electron chi connectivity index (χ2n) is 4.96. The van der Waals surface area contributed by atoms with Crippen LogP contribution in [-0.2, 0) is 6.42 Å². The summed E-state index contributed by atoms with van der Waals surface area (Å²) < 4.78 is 12.9. The van der Waals surface area contributed by atoms with Crippen molar-refractivity contribution < 1.29 is 4.39 Å². The predicted octanol–water partition coefficient (Wildman–Crippen LogP) is 2.66. The van der Waals surface area contributed by atoms with Crippen molar-refractivity contribution in [1.29, 1.82) is 0 Å². The summed E-state index contributed by atoms with van der Waals surface area (Å²) in [6.45, 7) is 3.04. The second kappa shape index (κ2) is 5.63. The maximum absolute atomic E-state index is 12.9. The molecule has 0 spiro atoms. The van der Waals surface area contributed by atoms with Crippen LogP contribution in [0.25, 0.3) is 11.5 Å². The Morgan fingerprint density at radius 3 is 2.95 bits per heavy atom. The Kier molecular flexibility index (Phi) is 3.69. The zero-order valence-corrected chi connectivity index (χ0v) is 11.4. The minimum absolute atomic E-state index is 0.346. The van der Waals surface area contributed by atoms with Crippen LogP contribution in [0.1, 0.15) is 37.1 Å². The van der Waals surface area contributed by atoms with Gasteiger partial charge in [-0.1, -0.05) is 6.92 Å². The van der Waals surface area contributed by atoms with E-state index in [9.17, 15) is 4.39 Å². The largest absolute Gasteiger partial charge is 0.310 e. The summed E-state index contributed by atoms with van der Waals surface area (Å²) in [5.41, 5.74) is 2.88. The van der Waals surface area contributed by atoms with Gasteiger partial charge in [0.05, 0.1) is 6.20 Å². The average molecular weight is 272 g/mol. The molecule has 0 fully saturated rings. The standard InChI is InChI=1S/C15H17FN4/c1-2-17-12-4-3-5-13-11(12)9-19-15(20-13)14-7-6-10(16)8-18-14/h6-9,12,17H,2-5H2,1H3. The van der Waals surface area contributed by atoms with Gasteiger partial charge in [0.15, 0.2) is 5.82 Å². The number of aromatic nitrogens is 3. The zero-order valence-electron chi connectivity index (χ0n) is 11.4. The van der Waals surface area contributed by atoms with Crippen molar-refractivity contribution in [3.05, 3.63) is 41.6 Å². The molecule has 5 heteroatoms. The fourth-order valence-corrected chi connectivity index (χ4v) is 2.64. The van der Waals surface area contributed by atoms with Crippen LogP contribution >= 0.6 is 0 Å². The van der Waals surface area contributed by atoms with Gasteiger partial charge in [-0.3, -0.25) is 0 Å². The molecule has 0 saturated carbocycles. The van der Waals surface area contributed by atoms with E-state index < -0.39 is 0 Å². The molecule has 3 rings (SSSR count). The van der Waals surface area contributed by atoms with Crippen molar-refractivity contribution in [3.63, 3.8) is 0 Å². The Hall–Kier alpha value is -1.88. The predicted molar refractivity (Wildman–Crippen MR) is 74.6 cm³/mol. The first-order valence-corrected chi connectivity index (χ1v) is 6.99. The highest BCUT2D eigenvalue weighted by atomic mass is 19.1. The average Bonchev–Trinajstić information content (AvgIpc) is 2.48. The Labute approximate surface area is 117 Å². The number of aryl methyl sites for hydroxylation is 1. The van der Waals surface area contributed by atoms with E-state index in [1.54, 1.807) is 6.07 Å². The first kappa shape index (κ1) is 13.1. The number of pyridine rings is 1. The third-order valence-electron chi connectivity index (χ3n) is 3.59. The number of nitrogens with one attached hydrogen (secondary N) is 1. The van der Waals surface area contributed by atoms with Gasteiger partial charge < -0.3 is 5.32 Å². The molecule has 20 heavy (non-hydrogen) atoms. The van der Waals surface area contributed by atoms with Crippen LogP contribution in [0.15, 0.2) is 24.5 Å². The molecule has 0 bridgehead atoms. The van der Waals surface area contributed by atoms with Gasteiger partial charge in [0.2, 0.25) is 0 Å². The summed E-state index contributed by atoms with van der Waals surface area (Å²) in [5.74, 6) is 0.222. The Morgan fingerprint density at radius 2 is 2.20 bits per heavy atom. The molecule has 0 saturated heterocycles. The molecule has 1 N–H and O–H groups in total. The SMILES string of the molecule is CCNC1CCCc2nc(-c3ccc(F)cn3)ncc21. The van der Waals surface area contributed by atoms with Crippen LogP contribution in [0.4, 0.5) is 4.39 Å². The minimum atomic E-state index is -0.348.